The van der Waals surface area contributed by atoms with E-state index < -0.39 is 13.0 Å². The molecule has 1 aromatic carbocycles. The van der Waals surface area contributed by atoms with Gasteiger partial charge in [-0.2, -0.15) is 0 Å². The van der Waals surface area contributed by atoms with Gasteiger partial charge in [-0.05, 0) is 5.56 Å². The maximum absolute atomic E-state index is 11.9. The van der Waals surface area contributed by atoms with Crippen molar-refractivity contribution in [2.45, 2.75) is 12.6 Å². The van der Waals surface area contributed by atoms with Crippen molar-refractivity contribution in [3.05, 3.63) is 35.9 Å². The van der Waals surface area contributed by atoms with E-state index >= 15 is 0 Å². The molecule has 0 saturated carbocycles. The summed E-state index contributed by atoms with van der Waals surface area (Å²) in [5.41, 5.74) is 0.974. The molecule has 6 heteroatoms. The van der Waals surface area contributed by atoms with Crippen molar-refractivity contribution in [2.24, 2.45) is 0 Å². The van der Waals surface area contributed by atoms with E-state index in [0.717, 1.165) is 5.56 Å². The molecule has 1 aromatic rings. The molecule has 1 N–H and O–H groups in total. The monoisotopic (exact) mass is 270 g/mol. The average molecular weight is 270 g/mol. The highest BCUT2D eigenvalue weighted by atomic mass is 19.3. The van der Waals surface area contributed by atoms with E-state index in [4.69, 9.17) is 4.74 Å². The number of nitrogens with zero attached hydrogens (tertiary/aromatic N) is 1. The van der Waals surface area contributed by atoms with E-state index in [1.54, 1.807) is 4.90 Å². The number of alkyl halides is 2. The summed E-state index contributed by atoms with van der Waals surface area (Å²) in [4.78, 5) is 13.4. The molecule has 1 atom stereocenters. The topological polar surface area (TPSA) is 41.6 Å². The lowest BCUT2D eigenvalue weighted by Crippen LogP contribution is -2.33. The molecule has 104 valence electrons. The Labute approximate surface area is 110 Å². The number of benzene rings is 1. The number of amides is 1. The van der Waals surface area contributed by atoms with E-state index in [9.17, 15) is 13.6 Å². The minimum Gasteiger partial charge on any atom is -0.374 e. The fraction of sp³-hybridized carbons (Fsp3) is 0.462. The lowest BCUT2D eigenvalue weighted by atomic mass is 10.1. The Morgan fingerprint density at radius 1 is 1.37 bits per heavy atom. The first-order valence-corrected chi connectivity index (χ1v) is 6.12. The van der Waals surface area contributed by atoms with Crippen molar-refractivity contribution in [3.8, 4) is 0 Å². The second-order valence-corrected chi connectivity index (χ2v) is 4.25. The van der Waals surface area contributed by atoms with Crippen LogP contribution in [-0.2, 0) is 9.53 Å². The van der Waals surface area contributed by atoms with Gasteiger partial charge >= 0.3 is 0 Å². The first-order chi connectivity index (χ1) is 9.18. The first kappa shape index (κ1) is 13.9. The minimum absolute atomic E-state index is 0.0468. The van der Waals surface area contributed by atoms with Crippen LogP contribution in [0.25, 0.3) is 0 Å². The van der Waals surface area contributed by atoms with Crippen LogP contribution in [0, 0.1) is 0 Å². The van der Waals surface area contributed by atoms with E-state index in [1.807, 2.05) is 30.3 Å². The van der Waals surface area contributed by atoms with Gasteiger partial charge < -0.3 is 9.64 Å². The molecule has 0 aromatic heterocycles. The quantitative estimate of drug-likeness (QED) is 0.794. The predicted molar refractivity (Wildman–Crippen MR) is 65.7 cm³/mol. The summed E-state index contributed by atoms with van der Waals surface area (Å²) in [6, 6.07) is 9.53. The Hall–Kier alpha value is -1.53. The molecule has 1 fully saturated rings. The first-order valence-electron chi connectivity index (χ1n) is 6.12. The molecule has 19 heavy (non-hydrogen) atoms. The zero-order valence-electron chi connectivity index (χ0n) is 10.4. The van der Waals surface area contributed by atoms with Gasteiger partial charge in [-0.1, -0.05) is 30.3 Å². The Morgan fingerprint density at radius 2 is 2.11 bits per heavy atom. The van der Waals surface area contributed by atoms with Crippen molar-refractivity contribution in [1.29, 1.82) is 0 Å². The zero-order valence-corrected chi connectivity index (χ0v) is 10.4. The van der Waals surface area contributed by atoms with Crippen molar-refractivity contribution >= 4 is 5.91 Å². The van der Waals surface area contributed by atoms with E-state index in [0.29, 0.717) is 6.54 Å². The summed E-state index contributed by atoms with van der Waals surface area (Å²) >= 11 is 0. The number of nitrogens with one attached hydrogen (secondary N) is 1. The Balaban J connectivity index is 1.91. The SMILES string of the molecule is O=C1CNC(c2ccccc2)N1CCOCC(F)F. The van der Waals surface area contributed by atoms with E-state index in [1.165, 1.54) is 0 Å². The van der Waals surface area contributed by atoms with Crippen LogP contribution in [0.2, 0.25) is 0 Å². The van der Waals surface area contributed by atoms with Crippen molar-refractivity contribution in [3.63, 3.8) is 0 Å². The minimum atomic E-state index is -2.47. The van der Waals surface area contributed by atoms with Crippen LogP contribution in [0.1, 0.15) is 11.7 Å². The van der Waals surface area contributed by atoms with Gasteiger partial charge in [0, 0.05) is 6.54 Å². The highest BCUT2D eigenvalue weighted by Gasteiger charge is 2.30. The molecular weight excluding hydrogens is 254 g/mol. The van der Waals surface area contributed by atoms with Gasteiger partial charge in [0.15, 0.2) is 0 Å². The maximum atomic E-state index is 11.9. The lowest BCUT2D eigenvalue weighted by Gasteiger charge is -2.24. The second-order valence-electron chi connectivity index (χ2n) is 4.25. The van der Waals surface area contributed by atoms with Crippen LogP contribution in [0.4, 0.5) is 8.78 Å². The predicted octanol–water partition coefficient (Wildman–Crippen LogP) is 1.40. The van der Waals surface area contributed by atoms with Crippen molar-refractivity contribution in [1.82, 2.24) is 10.2 Å². The number of rotatable bonds is 6. The highest BCUT2D eigenvalue weighted by Crippen LogP contribution is 2.21. The molecule has 0 aliphatic carbocycles. The number of halogens is 2. The van der Waals surface area contributed by atoms with Gasteiger partial charge in [-0.15, -0.1) is 0 Å². The van der Waals surface area contributed by atoms with Crippen molar-refractivity contribution < 1.29 is 18.3 Å². The molecular formula is C13H16F2N2O2. The van der Waals surface area contributed by atoms with Crippen LogP contribution in [0.15, 0.2) is 30.3 Å². The van der Waals surface area contributed by atoms with Gasteiger partial charge in [0.05, 0.1) is 13.2 Å². The maximum Gasteiger partial charge on any atom is 0.261 e. The Kier molecular flexibility index (Phi) is 4.81. The van der Waals surface area contributed by atoms with Crippen molar-refractivity contribution in [2.75, 3.05) is 26.3 Å². The summed E-state index contributed by atoms with van der Waals surface area (Å²) in [5.74, 6) is -0.0468. The van der Waals surface area contributed by atoms with Crippen LogP contribution in [0.5, 0.6) is 0 Å². The fourth-order valence-corrected chi connectivity index (χ4v) is 2.06. The lowest BCUT2D eigenvalue weighted by molar-refractivity contribution is -0.129. The third-order valence-electron chi connectivity index (χ3n) is 2.91. The molecule has 1 saturated heterocycles. The second kappa shape index (κ2) is 6.58. The average Bonchev–Trinajstić information content (AvgIpc) is 2.77. The third kappa shape index (κ3) is 3.71. The van der Waals surface area contributed by atoms with Gasteiger partial charge in [0.2, 0.25) is 5.91 Å². The summed E-state index contributed by atoms with van der Waals surface area (Å²) in [5, 5.41) is 3.10. The standard InChI is InChI=1S/C13H16F2N2O2/c14-11(15)9-19-7-6-17-12(18)8-16-13(17)10-4-2-1-3-5-10/h1-5,11,13,16H,6-9H2. The summed E-state index contributed by atoms with van der Waals surface area (Å²) < 4.78 is 28.7. The molecule has 0 bridgehead atoms. The molecule has 4 nitrogen and oxygen atoms in total. The van der Waals surface area contributed by atoms with Crippen LogP contribution < -0.4 is 5.32 Å². The molecule has 2 rings (SSSR count). The molecule has 1 unspecified atom stereocenters. The third-order valence-corrected chi connectivity index (χ3v) is 2.91. The number of carbonyl (C=O) groups excluding carboxylic acids is 1. The smallest absolute Gasteiger partial charge is 0.261 e. The van der Waals surface area contributed by atoms with E-state index in [-0.39, 0.29) is 25.2 Å². The number of hydrogen-bond acceptors (Lipinski definition) is 3. The van der Waals surface area contributed by atoms with Crippen LogP contribution in [0.3, 0.4) is 0 Å². The molecule has 1 aliphatic rings. The molecule has 1 aliphatic heterocycles. The fourth-order valence-electron chi connectivity index (χ4n) is 2.06. The van der Waals surface area contributed by atoms with Crippen LogP contribution in [-0.4, -0.2) is 43.5 Å². The Morgan fingerprint density at radius 3 is 2.79 bits per heavy atom. The Bertz CT molecular complexity index is 414. The number of carbonyl (C=O) groups is 1. The normalized spacial score (nSPS) is 19.4. The van der Waals surface area contributed by atoms with Gasteiger partial charge in [0.1, 0.15) is 12.8 Å². The highest BCUT2D eigenvalue weighted by molar-refractivity contribution is 5.80. The molecule has 1 amide bonds. The summed E-state index contributed by atoms with van der Waals surface area (Å²) in [6.45, 7) is 0.0824. The van der Waals surface area contributed by atoms with Gasteiger partial charge in [-0.25, -0.2) is 8.78 Å². The molecule has 0 spiro atoms. The van der Waals surface area contributed by atoms with E-state index in [2.05, 4.69) is 5.32 Å². The zero-order chi connectivity index (χ0) is 13.7. The van der Waals surface area contributed by atoms with Crippen LogP contribution >= 0.6 is 0 Å². The number of ether oxygens (including phenoxy) is 1. The molecule has 0 radical (unpaired) electrons. The van der Waals surface area contributed by atoms with Gasteiger partial charge in [0.25, 0.3) is 6.43 Å². The van der Waals surface area contributed by atoms with Gasteiger partial charge in [-0.3, -0.25) is 10.1 Å². The number of hydrogen-bond donors (Lipinski definition) is 1. The summed E-state index contributed by atoms with van der Waals surface area (Å²) in [6.07, 6.45) is -2.68. The molecule has 1 heterocycles. The summed E-state index contributed by atoms with van der Waals surface area (Å²) in [7, 11) is 0. The largest absolute Gasteiger partial charge is 0.374 e.